The van der Waals surface area contributed by atoms with Crippen molar-refractivity contribution in [3.8, 4) is 16.9 Å². The third kappa shape index (κ3) is 8.82. The molecule has 6 heteroatoms. The molecule has 0 bridgehead atoms. The number of unbranched alkanes of at least 4 members (excludes halogenated alkanes) is 1. The number of esters is 1. The lowest BCUT2D eigenvalue weighted by atomic mass is 9.82. The first-order valence-corrected chi connectivity index (χ1v) is 17.3. The van der Waals surface area contributed by atoms with Crippen molar-refractivity contribution in [3.63, 3.8) is 0 Å². The number of rotatable bonds is 17. The topological polar surface area (TPSA) is 54.0 Å². The molecule has 1 fully saturated rings. The maximum Gasteiger partial charge on any atom is 0.335 e. The Morgan fingerprint density at radius 2 is 1.61 bits per heavy atom. The second kappa shape index (κ2) is 14.7. The summed E-state index contributed by atoms with van der Waals surface area (Å²) >= 11 is 0. The van der Waals surface area contributed by atoms with E-state index in [-0.39, 0.29) is 18.6 Å². The summed E-state index contributed by atoms with van der Waals surface area (Å²) in [6.07, 6.45) is 5.34. The Morgan fingerprint density at radius 1 is 0.947 bits per heavy atom. The summed E-state index contributed by atoms with van der Waals surface area (Å²) in [6.45, 7) is 16.2. The summed E-state index contributed by atoms with van der Waals surface area (Å²) in [4.78, 5) is 12.2. The molecule has 0 N–H and O–H groups in total. The second-order valence-electron chi connectivity index (χ2n) is 11.3. The van der Waals surface area contributed by atoms with Gasteiger partial charge in [-0.15, -0.1) is 0 Å². The SMILES string of the molecule is C=C(COCC1(CCC)COC1)C(=O)OCCCOc1ccc(-c2ccc([Si](C)(C)CCCC)cc2)cc1. The Morgan fingerprint density at radius 3 is 2.18 bits per heavy atom. The van der Waals surface area contributed by atoms with Gasteiger partial charge in [0.2, 0.25) is 0 Å². The van der Waals surface area contributed by atoms with Gasteiger partial charge in [-0.1, -0.05) is 100 Å². The fourth-order valence-corrected chi connectivity index (χ4v) is 7.40. The average Bonchev–Trinajstić information content (AvgIpc) is 2.90. The van der Waals surface area contributed by atoms with Crippen LogP contribution in [0.4, 0.5) is 0 Å². The normalized spacial score (nSPS) is 14.5. The summed E-state index contributed by atoms with van der Waals surface area (Å²) < 4.78 is 22.2. The van der Waals surface area contributed by atoms with Crippen molar-refractivity contribution in [2.45, 2.75) is 65.1 Å². The van der Waals surface area contributed by atoms with Crippen molar-refractivity contribution < 1.29 is 23.7 Å². The van der Waals surface area contributed by atoms with Crippen LogP contribution in [0.15, 0.2) is 60.7 Å². The van der Waals surface area contributed by atoms with E-state index in [1.54, 1.807) is 0 Å². The van der Waals surface area contributed by atoms with Crippen LogP contribution in [0, 0.1) is 5.41 Å². The highest BCUT2D eigenvalue weighted by Gasteiger charge is 2.38. The number of hydrogen-bond acceptors (Lipinski definition) is 5. The fraction of sp³-hybridized carbons (Fsp3) is 0.531. The van der Waals surface area contributed by atoms with Crippen LogP contribution in [0.3, 0.4) is 0 Å². The summed E-state index contributed by atoms with van der Waals surface area (Å²) in [6, 6.07) is 18.6. The van der Waals surface area contributed by atoms with E-state index >= 15 is 0 Å². The minimum absolute atomic E-state index is 0.103. The number of ether oxygens (including phenoxy) is 4. The highest BCUT2D eigenvalue weighted by Crippen LogP contribution is 2.33. The quantitative estimate of drug-likeness (QED) is 0.0963. The molecule has 0 saturated carbocycles. The monoisotopic (exact) mass is 538 g/mol. The number of hydrogen-bond donors (Lipinski definition) is 0. The van der Waals surface area contributed by atoms with E-state index in [2.05, 4.69) is 69.9 Å². The fourth-order valence-electron chi connectivity index (χ4n) is 4.81. The first-order valence-electron chi connectivity index (χ1n) is 14.1. The first kappa shape index (κ1) is 30.1. The van der Waals surface area contributed by atoms with Crippen molar-refractivity contribution in [1.82, 2.24) is 0 Å². The van der Waals surface area contributed by atoms with E-state index in [1.165, 1.54) is 35.2 Å². The van der Waals surface area contributed by atoms with Gasteiger partial charge in [0, 0.05) is 11.8 Å². The van der Waals surface area contributed by atoms with Gasteiger partial charge in [-0.05, 0) is 29.7 Å². The van der Waals surface area contributed by atoms with Crippen molar-refractivity contribution in [1.29, 1.82) is 0 Å². The van der Waals surface area contributed by atoms with E-state index in [9.17, 15) is 4.79 Å². The minimum atomic E-state index is -1.35. The molecule has 38 heavy (non-hydrogen) atoms. The van der Waals surface area contributed by atoms with Crippen LogP contribution >= 0.6 is 0 Å². The molecule has 0 amide bonds. The molecule has 1 aliphatic heterocycles. The summed E-state index contributed by atoms with van der Waals surface area (Å²) in [5, 5.41) is 1.52. The molecule has 1 aliphatic rings. The van der Waals surface area contributed by atoms with Crippen LogP contribution in [0.5, 0.6) is 5.75 Å². The van der Waals surface area contributed by atoms with Crippen LogP contribution in [-0.4, -0.2) is 53.7 Å². The van der Waals surface area contributed by atoms with Gasteiger partial charge >= 0.3 is 5.97 Å². The molecule has 2 aromatic carbocycles. The Kier molecular flexibility index (Phi) is 11.6. The van der Waals surface area contributed by atoms with E-state index in [0.717, 1.165) is 31.8 Å². The summed E-state index contributed by atoms with van der Waals surface area (Å²) in [5.41, 5.74) is 2.84. The molecular formula is C32H46O5Si. The maximum atomic E-state index is 12.2. The summed E-state index contributed by atoms with van der Waals surface area (Å²) in [7, 11) is -1.35. The molecule has 1 heterocycles. The molecule has 0 radical (unpaired) electrons. The zero-order chi connectivity index (χ0) is 27.4. The van der Waals surface area contributed by atoms with Gasteiger partial charge in [0.05, 0.1) is 53.3 Å². The highest BCUT2D eigenvalue weighted by atomic mass is 28.3. The summed E-state index contributed by atoms with van der Waals surface area (Å²) in [5.74, 6) is 0.398. The third-order valence-electron chi connectivity index (χ3n) is 7.37. The molecule has 0 atom stereocenters. The molecule has 5 nitrogen and oxygen atoms in total. The molecule has 0 aliphatic carbocycles. The Labute approximate surface area is 230 Å². The molecule has 208 valence electrons. The molecule has 0 aromatic heterocycles. The van der Waals surface area contributed by atoms with Crippen LogP contribution < -0.4 is 9.92 Å². The Bertz CT molecular complexity index is 1010. The smallest absolute Gasteiger partial charge is 0.335 e. The van der Waals surface area contributed by atoms with Crippen molar-refractivity contribution in [2.24, 2.45) is 5.41 Å². The Hall–Kier alpha value is -2.41. The van der Waals surface area contributed by atoms with E-state index in [1.807, 2.05) is 12.1 Å². The molecule has 3 rings (SSSR count). The van der Waals surface area contributed by atoms with Crippen LogP contribution in [-0.2, 0) is 19.0 Å². The van der Waals surface area contributed by atoms with Crippen LogP contribution in [0.25, 0.3) is 11.1 Å². The van der Waals surface area contributed by atoms with Gasteiger partial charge in [-0.2, -0.15) is 0 Å². The third-order valence-corrected chi connectivity index (χ3v) is 10.9. The van der Waals surface area contributed by atoms with Crippen molar-refractivity contribution in [3.05, 3.63) is 60.7 Å². The highest BCUT2D eigenvalue weighted by molar-refractivity contribution is 6.89. The van der Waals surface area contributed by atoms with Crippen molar-refractivity contribution in [2.75, 3.05) is 39.6 Å². The van der Waals surface area contributed by atoms with Crippen LogP contribution in [0.1, 0.15) is 46.0 Å². The number of carbonyl (C=O) groups is 1. The first-order chi connectivity index (χ1) is 18.3. The standard InChI is InChI=1S/C32H46O5Si/c1-6-8-21-38(4,5)30-16-12-28(13-17-30)27-10-14-29(15-11-27)36-19-9-20-37-31(33)26(3)22-34-23-32(18-7-2)24-35-25-32/h10-17H,3,6-9,18-25H2,1-2,4-5H3. The second-order valence-corrected chi connectivity index (χ2v) is 16.1. The van der Waals surface area contributed by atoms with Crippen LogP contribution in [0.2, 0.25) is 19.1 Å². The van der Waals surface area contributed by atoms with Gasteiger partial charge in [0.15, 0.2) is 0 Å². The van der Waals surface area contributed by atoms with Gasteiger partial charge in [-0.3, -0.25) is 0 Å². The number of carbonyl (C=O) groups excluding carboxylic acids is 1. The van der Waals surface area contributed by atoms with Gasteiger partial charge in [0.25, 0.3) is 0 Å². The zero-order valence-corrected chi connectivity index (χ0v) is 24.9. The largest absolute Gasteiger partial charge is 0.493 e. The van der Waals surface area contributed by atoms with E-state index in [0.29, 0.717) is 25.2 Å². The predicted molar refractivity (Wildman–Crippen MR) is 158 cm³/mol. The predicted octanol–water partition coefficient (Wildman–Crippen LogP) is 6.77. The lowest BCUT2D eigenvalue weighted by Gasteiger charge is -2.41. The molecular weight excluding hydrogens is 492 g/mol. The Balaban J connectivity index is 1.33. The lowest BCUT2D eigenvalue weighted by Crippen LogP contribution is -2.46. The van der Waals surface area contributed by atoms with E-state index in [4.69, 9.17) is 18.9 Å². The van der Waals surface area contributed by atoms with Gasteiger partial charge in [-0.25, -0.2) is 4.79 Å². The maximum absolute atomic E-state index is 12.2. The van der Waals surface area contributed by atoms with Crippen molar-refractivity contribution >= 4 is 19.2 Å². The van der Waals surface area contributed by atoms with Gasteiger partial charge in [0.1, 0.15) is 5.75 Å². The zero-order valence-electron chi connectivity index (χ0n) is 23.9. The minimum Gasteiger partial charge on any atom is -0.493 e. The van der Waals surface area contributed by atoms with E-state index < -0.39 is 14.0 Å². The molecule has 2 aromatic rings. The lowest BCUT2D eigenvalue weighted by molar-refractivity contribution is -0.153. The molecule has 0 unspecified atom stereocenters. The molecule has 1 saturated heterocycles. The number of benzene rings is 2. The average molecular weight is 539 g/mol. The van der Waals surface area contributed by atoms with Gasteiger partial charge < -0.3 is 18.9 Å². The molecule has 0 spiro atoms.